The average molecular weight is 412 g/mol. The third-order valence-corrected chi connectivity index (χ3v) is 4.06. The largest absolute Gasteiger partial charge is 0.411 e. The van der Waals surface area contributed by atoms with Gasteiger partial charge in [0.25, 0.3) is 5.91 Å². The van der Waals surface area contributed by atoms with E-state index >= 15 is 0 Å². The van der Waals surface area contributed by atoms with Crippen molar-refractivity contribution in [2.75, 3.05) is 13.2 Å². The number of primary amides is 1. The molecule has 0 saturated heterocycles. The lowest BCUT2D eigenvalue weighted by molar-refractivity contribution is -0.176. The van der Waals surface area contributed by atoms with Crippen molar-refractivity contribution in [2.45, 2.75) is 19.2 Å². The second kappa shape index (κ2) is 10.0. The van der Waals surface area contributed by atoms with Crippen LogP contribution < -0.4 is 11.1 Å². The van der Waals surface area contributed by atoms with E-state index in [1.165, 1.54) is 48.5 Å². The summed E-state index contributed by atoms with van der Waals surface area (Å²) in [6.07, 6.45) is -4.16. The molecule has 2 amide bonds. The second-order valence-electron chi connectivity index (χ2n) is 6.44. The van der Waals surface area contributed by atoms with Crippen molar-refractivity contribution in [3.8, 4) is 0 Å². The zero-order valence-corrected chi connectivity index (χ0v) is 15.3. The average Bonchev–Trinajstić information content (AvgIpc) is 2.65. The molecule has 29 heavy (non-hydrogen) atoms. The third kappa shape index (κ3) is 7.90. The number of nitrogens with two attached hydrogens (primary N) is 1. The Hall–Kier alpha value is -2.94. The van der Waals surface area contributed by atoms with Crippen LogP contribution in [-0.2, 0) is 22.6 Å². The van der Waals surface area contributed by atoms with Crippen LogP contribution in [0.1, 0.15) is 21.5 Å². The molecule has 0 aliphatic rings. The fraction of sp³-hybridized carbons (Fsp3) is 0.300. The highest BCUT2D eigenvalue weighted by Crippen LogP contribution is 2.16. The van der Waals surface area contributed by atoms with E-state index in [2.05, 4.69) is 10.1 Å². The molecule has 5 nitrogen and oxygen atoms in total. The number of hydrogen-bond acceptors (Lipinski definition) is 3. The van der Waals surface area contributed by atoms with Gasteiger partial charge in [0, 0.05) is 12.1 Å². The molecule has 2 aromatic carbocycles. The number of benzene rings is 2. The van der Waals surface area contributed by atoms with Crippen molar-refractivity contribution in [3.63, 3.8) is 0 Å². The first kappa shape index (κ1) is 22.4. The number of rotatable bonds is 9. The van der Waals surface area contributed by atoms with Gasteiger partial charge in [-0.25, -0.2) is 4.39 Å². The van der Waals surface area contributed by atoms with Gasteiger partial charge >= 0.3 is 6.18 Å². The van der Waals surface area contributed by atoms with Crippen LogP contribution in [0.4, 0.5) is 17.6 Å². The number of ether oxygens (including phenoxy) is 1. The first-order chi connectivity index (χ1) is 13.6. The Morgan fingerprint density at radius 3 is 2.14 bits per heavy atom. The highest BCUT2D eigenvalue weighted by atomic mass is 19.4. The minimum Gasteiger partial charge on any atom is -0.369 e. The molecule has 0 saturated carbocycles. The van der Waals surface area contributed by atoms with Crippen LogP contribution in [0.3, 0.4) is 0 Å². The Bertz CT molecular complexity index is 821. The van der Waals surface area contributed by atoms with Gasteiger partial charge in [0.2, 0.25) is 5.91 Å². The monoisotopic (exact) mass is 412 g/mol. The van der Waals surface area contributed by atoms with Crippen molar-refractivity contribution in [2.24, 2.45) is 11.7 Å². The molecule has 2 rings (SSSR count). The van der Waals surface area contributed by atoms with Gasteiger partial charge < -0.3 is 15.8 Å². The summed E-state index contributed by atoms with van der Waals surface area (Å²) in [4.78, 5) is 23.9. The van der Waals surface area contributed by atoms with Crippen molar-refractivity contribution in [1.29, 1.82) is 0 Å². The predicted molar refractivity (Wildman–Crippen MR) is 97.3 cm³/mol. The van der Waals surface area contributed by atoms with Crippen molar-refractivity contribution >= 4 is 11.8 Å². The SMILES string of the molecule is NC(=O)C(CNC(=O)c1ccc(COCC(F)(F)F)cc1)Cc1ccc(F)cc1. The van der Waals surface area contributed by atoms with E-state index in [1.54, 1.807) is 0 Å². The van der Waals surface area contributed by atoms with E-state index in [-0.39, 0.29) is 25.1 Å². The molecule has 0 aliphatic carbocycles. The van der Waals surface area contributed by atoms with E-state index in [0.717, 1.165) is 0 Å². The number of halogens is 4. The quantitative estimate of drug-likeness (QED) is 0.622. The maximum Gasteiger partial charge on any atom is 0.411 e. The molecule has 0 aromatic heterocycles. The fourth-order valence-electron chi connectivity index (χ4n) is 2.53. The first-order valence-corrected chi connectivity index (χ1v) is 8.69. The van der Waals surface area contributed by atoms with Gasteiger partial charge in [0.1, 0.15) is 12.4 Å². The lowest BCUT2D eigenvalue weighted by Crippen LogP contribution is -2.37. The summed E-state index contributed by atoms with van der Waals surface area (Å²) in [5.74, 6) is -2.14. The van der Waals surface area contributed by atoms with Gasteiger partial charge in [0.15, 0.2) is 0 Å². The molecule has 0 heterocycles. The minimum absolute atomic E-state index is 0.0119. The number of carbonyl (C=O) groups excluding carboxylic acids is 2. The standard InChI is InChI=1S/C20H20F4N2O3/c21-17-7-3-13(4-8-17)9-16(18(25)27)10-26-19(28)15-5-1-14(2-6-15)11-29-12-20(22,23)24/h1-8,16H,9-12H2,(H2,25,27)(H,26,28). The molecule has 0 fully saturated rings. The Morgan fingerprint density at radius 1 is 1.00 bits per heavy atom. The smallest absolute Gasteiger partial charge is 0.369 e. The van der Waals surface area contributed by atoms with Gasteiger partial charge in [-0.05, 0) is 41.8 Å². The Labute approximate surface area is 164 Å². The van der Waals surface area contributed by atoms with Crippen LogP contribution in [0.15, 0.2) is 48.5 Å². The Balaban J connectivity index is 1.87. The Morgan fingerprint density at radius 2 is 1.59 bits per heavy atom. The second-order valence-corrected chi connectivity index (χ2v) is 6.44. The maximum atomic E-state index is 13.0. The van der Waals surface area contributed by atoms with Gasteiger partial charge in [-0.1, -0.05) is 24.3 Å². The number of hydrogen-bond donors (Lipinski definition) is 2. The molecular weight excluding hydrogens is 392 g/mol. The number of amides is 2. The topological polar surface area (TPSA) is 81.4 Å². The molecule has 1 atom stereocenters. The van der Waals surface area contributed by atoms with E-state index in [4.69, 9.17) is 5.73 Å². The molecule has 156 valence electrons. The van der Waals surface area contributed by atoms with Crippen LogP contribution in [0, 0.1) is 11.7 Å². The zero-order chi connectivity index (χ0) is 21.4. The van der Waals surface area contributed by atoms with Gasteiger partial charge in [0.05, 0.1) is 12.5 Å². The number of alkyl halides is 3. The van der Waals surface area contributed by atoms with Crippen LogP contribution in [-0.4, -0.2) is 31.1 Å². The summed E-state index contributed by atoms with van der Waals surface area (Å²) in [6.45, 7) is -1.59. The summed E-state index contributed by atoms with van der Waals surface area (Å²) < 4.78 is 53.7. The van der Waals surface area contributed by atoms with Crippen LogP contribution in [0.5, 0.6) is 0 Å². The molecule has 3 N–H and O–H groups in total. The van der Waals surface area contributed by atoms with Gasteiger partial charge in [-0.3, -0.25) is 9.59 Å². The van der Waals surface area contributed by atoms with Crippen LogP contribution in [0.2, 0.25) is 0 Å². The molecule has 9 heteroatoms. The summed E-state index contributed by atoms with van der Waals surface area (Å²) in [6, 6.07) is 11.5. The molecular formula is C20H20F4N2O3. The summed E-state index contributed by atoms with van der Waals surface area (Å²) in [5, 5.41) is 2.60. The lowest BCUT2D eigenvalue weighted by Gasteiger charge is -2.15. The molecule has 2 aromatic rings. The highest BCUT2D eigenvalue weighted by Gasteiger charge is 2.27. The van der Waals surface area contributed by atoms with E-state index in [0.29, 0.717) is 11.1 Å². The zero-order valence-electron chi connectivity index (χ0n) is 15.3. The highest BCUT2D eigenvalue weighted by molar-refractivity contribution is 5.94. The van der Waals surface area contributed by atoms with Crippen molar-refractivity contribution in [3.05, 3.63) is 71.0 Å². The van der Waals surface area contributed by atoms with E-state index in [9.17, 15) is 27.2 Å². The minimum atomic E-state index is -4.40. The number of carbonyl (C=O) groups is 2. The normalized spacial score (nSPS) is 12.4. The molecule has 0 spiro atoms. The summed E-state index contributed by atoms with van der Waals surface area (Å²) in [5.41, 5.74) is 6.84. The summed E-state index contributed by atoms with van der Waals surface area (Å²) >= 11 is 0. The first-order valence-electron chi connectivity index (χ1n) is 8.69. The molecule has 0 bridgehead atoms. The van der Waals surface area contributed by atoms with Gasteiger partial charge in [-0.2, -0.15) is 13.2 Å². The van der Waals surface area contributed by atoms with Crippen LogP contribution in [0.25, 0.3) is 0 Å². The fourth-order valence-corrected chi connectivity index (χ4v) is 2.53. The molecule has 0 aliphatic heterocycles. The van der Waals surface area contributed by atoms with Gasteiger partial charge in [-0.15, -0.1) is 0 Å². The maximum absolute atomic E-state index is 13.0. The Kier molecular flexibility index (Phi) is 7.72. The van der Waals surface area contributed by atoms with Crippen LogP contribution >= 0.6 is 0 Å². The lowest BCUT2D eigenvalue weighted by atomic mass is 9.98. The predicted octanol–water partition coefficient (Wildman–Crippen LogP) is 2.98. The molecule has 1 unspecified atom stereocenters. The third-order valence-electron chi connectivity index (χ3n) is 4.06. The van der Waals surface area contributed by atoms with Crippen molar-refractivity contribution in [1.82, 2.24) is 5.32 Å². The number of nitrogens with one attached hydrogen (secondary N) is 1. The van der Waals surface area contributed by atoms with Crippen molar-refractivity contribution < 1.29 is 31.9 Å². The summed E-state index contributed by atoms with van der Waals surface area (Å²) in [7, 11) is 0. The van der Waals surface area contributed by atoms with E-state index < -0.39 is 36.3 Å². The molecule has 0 radical (unpaired) electrons. The van der Waals surface area contributed by atoms with E-state index in [1.807, 2.05) is 0 Å².